The van der Waals surface area contributed by atoms with E-state index < -0.39 is 5.91 Å². The molecule has 0 atom stereocenters. The van der Waals surface area contributed by atoms with Crippen LogP contribution in [0.2, 0.25) is 0 Å². The highest BCUT2D eigenvalue weighted by molar-refractivity contribution is 8.00. The van der Waals surface area contributed by atoms with Crippen LogP contribution in [0.4, 0.5) is 5.00 Å². The molecular formula is C15H14N4O2S3. The monoisotopic (exact) mass is 378 g/mol. The highest BCUT2D eigenvalue weighted by Crippen LogP contribution is 2.31. The molecule has 3 N–H and O–H groups in total. The first-order valence-electron chi connectivity index (χ1n) is 7.11. The Labute approximate surface area is 150 Å². The van der Waals surface area contributed by atoms with Crippen LogP contribution in [0.1, 0.15) is 22.2 Å². The number of nitrogens with one attached hydrogen (secondary N) is 1. The molecule has 0 unspecified atom stereocenters. The van der Waals surface area contributed by atoms with Gasteiger partial charge in [-0.2, -0.15) is 0 Å². The zero-order valence-electron chi connectivity index (χ0n) is 12.7. The highest BCUT2D eigenvalue weighted by atomic mass is 32.2. The number of amides is 2. The second-order valence-corrected chi connectivity index (χ2v) is 7.82. The van der Waals surface area contributed by atoms with E-state index >= 15 is 0 Å². The third kappa shape index (κ3) is 3.58. The van der Waals surface area contributed by atoms with E-state index in [2.05, 4.69) is 28.3 Å². The van der Waals surface area contributed by atoms with Crippen molar-refractivity contribution in [3.8, 4) is 0 Å². The van der Waals surface area contributed by atoms with Gasteiger partial charge in [0.05, 0.1) is 11.3 Å². The second-order valence-electron chi connectivity index (χ2n) is 4.83. The SMILES string of the molecule is CCc1cc2c(SCC(=O)Nc3sccc3C(N)=O)ncnc2s1. The summed E-state index contributed by atoms with van der Waals surface area (Å²) in [5.74, 6) is -0.566. The number of rotatable bonds is 6. The maximum atomic E-state index is 12.1. The van der Waals surface area contributed by atoms with Crippen molar-refractivity contribution < 1.29 is 9.59 Å². The summed E-state index contributed by atoms with van der Waals surface area (Å²) in [4.78, 5) is 34.1. The van der Waals surface area contributed by atoms with Crippen LogP contribution in [0.5, 0.6) is 0 Å². The third-order valence-corrected chi connectivity index (χ3v) is 6.24. The van der Waals surface area contributed by atoms with Gasteiger partial charge in [0.2, 0.25) is 5.91 Å². The Balaban J connectivity index is 1.69. The molecule has 0 aliphatic rings. The van der Waals surface area contributed by atoms with Gasteiger partial charge < -0.3 is 11.1 Å². The highest BCUT2D eigenvalue weighted by Gasteiger charge is 2.14. The van der Waals surface area contributed by atoms with Gasteiger partial charge >= 0.3 is 0 Å². The summed E-state index contributed by atoms with van der Waals surface area (Å²) in [6.45, 7) is 2.09. The Kier molecular flexibility index (Phi) is 5.12. The van der Waals surface area contributed by atoms with E-state index in [4.69, 9.17) is 5.73 Å². The van der Waals surface area contributed by atoms with Crippen molar-refractivity contribution >= 4 is 61.5 Å². The molecule has 0 spiro atoms. The van der Waals surface area contributed by atoms with E-state index in [1.807, 2.05) is 0 Å². The fourth-order valence-corrected chi connectivity index (χ4v) is 4.65. The Morgan fingerprint density at radius 1 is 1.38 bits per heavy atom. The van der Waals surface area contributed by atoms with Crippen LogP contribution in [0.3, 0.4) is 0 Å². The lowest BCUT2D eigenvalue weighted by molar-refractivity contribution is -0.113. The average molecular weight is 379 g/mol. The fourth-order valence-electron chi connectivity index (χ4n) is 2.07. The molecule has 3 aromatic rings. The summed E-state index contributed by atoms with van der Waals surface area (Å²) in [5, 5.41) is 6.68. The number of hydrogen-bond acceptors (Lipinski definition) is 7. The summed E-state index contributed by atoms with van der Waals surface area (Å²) in [6, 6.07) is 3.67. The minimum Gasteiger partial charge on any atom is -0.366 e. The van der Waals surface area contributed by atoms with Crippen molar-refractivity contribution in [3.05, 3.63) is 34.3 Å². The van der Waals surface area contributed by atoms with Gasteiger partial charge in [0.1, 0.15) is 21.2 Å². The normalized spacial score (nSPS) is 10.9. The van der Waals surface area contributed by atoms with Gasteiger partial charge in [-0.25, -0.2) is 9.97 Å². The van der Waals surface area contributed by atoms with Crippen LogP contribution in [-0.2, 0) is 11.2 Å². The summed E-state index contributed by atoms with van der Waals surface area (Å²) < 4.78 is 0. The standard InChI is InChI=1S/C15H14N4O2S3/c1-2-8-5-10-13(17-7-18-14(10)24-8)23-6-11(20)19-15-9(12(16)21)3-4-22-15/h3-5,7H,2,6H2,1H3,(H2,16,21)(H,19,20). The summed E-state index contributed by atoms with van der Waals surface area (Å²) >= 11 is 4.26. The molecule has 0 saturated heterocycles. The van der Waals surface area contributed by atoms with Crippen LogP contribution < -0.4 is 11.1 Å². The molecule has 0 bridgehead atoms. The first-order chi connectivity index (χ1) is 11.6. The maximum Gasteiger partial charge on any atom is 0.251 e. The molecule has 9 heteroatoms. The number of fused-ring (bicyclic) bond motifs is 1. The largest absolute Gasteiger partial charge is 0.366 e. The molecule has 0 aromatic carbocycles. The van der Waals surface area contributed by atoms with Crippen molar-refractivity contribution in [2.45, 2.75) is 18.4 Å². The van der Waals surface area contributed by atoms with Crippen molar-refractivity contribution in [2.24, 2.45) is 5.73 Å². The molecule has 0 fully saturated rings. The number of aromatic nitrogens is 2. The lowest BCUT2D eigenvalue weighted by Gasteiger charge is -2.04. The Bertz CT molecular complexity index is 903. The van der Waals surface area contributed by atoms with Crippen LogP contribution in [0.15, 0.2) is 28.9 Å². The molecule has 3 rings (SSSR count). The van der Waals surface area contributed by atoms with Gasteiger partial charge in [-0.05, 0) is 23.9 Å². The summed E-state index contributed by atoms with van der Waals surface area (Å²) in [7, 11) is 0. The number of nitrogens with zero attached hydrogens (tertiary/aromatic N) is 2. The van der Waals surface area contributed by atoms with E-state index in [9.17, 15) is 9.59 Å². The number of primary amides is 1. The molecule has 0 saturated carbocycles. The minimum atomic E-state index is -0.554. The molecule has 0 aliphatic heterocycles. The van der Waals surface area contributed by atoms with Crippen molar-refractivity contribution in [2.75, 3.05) is 11.1 Å². The number of carbonyl (C=O) groups is 2. The Morgan fingerprint density at radius 3 is 2.96 bits per heavy atom. The topological polar surface area (TPSA) is 98.0 Å². The van der Waals surface area contributed by atoms with Gasteiger partial charge in [0, 0.05) is 10.3 Å². The quantitative estimate of drug-likeness (QED) is 0.507. The molecule has 24 heavy (non-hydrogen) atoms. The predicted octanol–water partition coefficient (Wildman–Crippen LogP) is 3.14. The van der Waals surface area contributed by atoms with Crippen molar-refractivity contribution in [1.82, 2.24) is 9.97 Å². The minimum absolute atomic E-state index is 0.194. The van der Waals surface area contributed by atoms with Gasteiger partial charge in [-0.15, -0.1) is 22.7 Å². The molecule has 124 valence electrons. The molecule has 6 nitrogen and oxygen atoms in total. The summed E-state index contributed by atoms with van der Waals surface area (Å²) in [5.41, 5.74) is 5.60. The Hall–Kier alpha value is -1.97. The van der Waals surface area contributed by atoms with Gasteiger partial charge in [0.15, 0.2) is 0 Å². The average Bonchev–Trinajstić information content (AvgIpc) is 3.19. The number of aryl methyl sites for hydroxylation is 1. The van der Waals surface area contributed by atoms with Crippen LogP contribution in [0.25, 0.3) is 10.2 Å². The van der Waals surface area contributed by atoms with Gasteiger partial charge in [0.25, 0.3) is 5.91 Å². The van der Waals surface area contributed by atoms with E-state index in [-0.39, 0.29) is 11.7 Å². The molecular weight excluding hydrogens is 364 g/mol. The number of thiophene rings is 2. The fraction of sp³-hybridized carbons (Fsp3) is 0.200. The lowest BCUT2D eigenvalue weighted by Crippen LogP contribution is -2.17. The van der Waals surface area contributed by atoms with Crippen molar-refractivity contribution in [3.63, 3.8) is 0 Å². The van der Waals surface area contributed by atoms with E-state index in [1.54, 1.807) is 22.8 Å². The molecule has 2 amide bonds. The molecule has 3 heterocycles. The number of carbonyl (C=O) groups excluding carboxylic acids is 2. The van der Waals surface area contributed by atoms with E-state index in [0.717, 1.165) is 21.7 Å². The first kappa shape index (κ1) is 16.9. The van der Waals surface area contributed by atoms with E-state index in [1.165, 1.54) is 34.3 Å². The second kappa shape index (κ2) is 7.29. The first-order valence-corrected chi connectivity index (χ1v) is 9.80. The van der Waals surface area contributed by atoms with Crippen molar-refractivity contribution in [1.29, 1.82) is 0 Å². The van der Waals surface area contributed by atoms with Crippen LogP contribution in [-0.4, -0.2) is 27.5 Å². The number of nitrogens with two attached hydrogens (primary N) is 1. The van der Waals surface area contributed by atoms with Crippen LogP contribution >= 0.6 is 34.4 Å². The third-order valence-electron chi connectivity index (χ3n) is 3.22. The van der Waals surface area contributed by atoms with Gasteiger partial charge in [-0.3, -0.25) is 9.59 Å². The number of anilines is 1. The predicted molar refractivity (Wildman–Crippen MR) is 99.0 cm³/mol. The molecule has 0 radical (unpaired) electrons. The lowest BCUT2D eigenvalue weighted by atomic mass is 10.3. The number of thioether (sulfide) groups is 1. The molecule has 0 aliphatic carbocycles. The van der Waals surface area contributed by atoms with Gasteiger partial charge in [-0.1, -0.05) is 18.7 Å². The Morgan fingerprint density at radius 2 is 2.21 bits per heavy atom. The zero-order chi connectivity index (χ0) is 17.1. The zero-order valence-corrected chi connectivity index (χ0v) is 15.2. The van der Waals surface area contributed by atoms with E-state index in [0.29, 0.717) is 10.6 Å². The maximum absolute atomic E-state index is 12.1. The summed E-state index contributed by atoms with van der Waals surface area (Å²) in [6.07, 6.45) is 2.46. The van der Waals surface area contributed by atoms with Crippen LogP contribution in [0, 0.1) is 0 Å². The number of hydrogen-bond donors (Lipinski definition) is 2. The molecule has 3 aromatic heterocycles. The smallest absolute Gasteiger partial charge is 0.251 e.